The first kappa shape index (κ1) is 19.8. The summed E-state index contributed by atoms with van der Waals surface area (Å²) in [5.74, 6) is 0.967. The van der Waals surface area contributed by atoms with Gasteiger partial charge < -0.3 is 29.7 Å². The minimum Gasteiger partial charge on any atom is -0.496 e. The van der Waals surface area contributed by atoms with Gasteiger partial charge in [-0.25, -0.2) is 9.78 Å². The van der Waals surface area contributed by atoms with Crippen LogP contribution in [0.15, 0.2) is 29.1 Å². The zero-order chi connectivity index (χ0) is 19.8. The molecule has 9 nitrogen and oxygen atoms in total. The molecule has 1 amide bonds. The molecule has 1 heterocycles. The number of nitriles is 1. The summed E-state index contributed by atoms with van der Waals surface area (Å²) in [6.07, 6.45) is 2.48. The first-order valence-electron chi connectivity index (χ1n) is 8.18. The number of anilines is 1. The van der Waals surface area contributed by atoms with Gasteiger partial charge >= 0.3 is 6.09 Å². The number of hydrogen-bond donors (Lipinski definition) is 3. The number of aldehydes is 1. The van der Waals surface area contributed by atoms with E-state index in [0.29, 0.717) is 47.6 Å². The topological polar surface area (TPSA) is 137 Å². The molecule has 3 N–H and O–H groups in total. The molecule has 1 aromatic carbocycles. The van der Waals surface area contributed by atoms with Crippen molar-refractivity contribution in [1.29, 1.82) is 5.26 Å². The average molecular weight is 372 g/mol. The molecule has 9 heteroatoms. The molecule has 2 aromatic rings. The van der Waals surface area contributed by atoms with Crippen LogP contribution in [0, 0.1) is 17.2 Å². The van der Waals surface area contributed by atoms with Gasteiger partial charge in [0.1, 0.15) is 18.1 Å². The Kier molecular flexibility index (Phi) is 6.77. The Hall–Kier alpha value is -3.54. The van der Waals surface area contributed by atoms with Crippen LogP contribution < -0.4 is 15.4 Å². The van der Waals surface area contributed by atoms with Gasteiger partial charge in [0.2, 0.25) is 0 Å². The van der Waals surface area contributed by atoms with Gasteiger partial charge in [-0.05, 0) is 18.4 Å². The molecule has 0 fully saturated rings. The fourth-order valence-electron chi connectivity index (χ4n) is 2.64. The molecular weight excluding hydrogens is 352 g/mol. The number of hydrogen-bond acceptors (Lipinski definition) is 7. The molecule has 0 radical (unpaired) electrons. The van der Waals surface area contributed by atoms with Gasteiger partial charge in [0.15, 0.2) is 12.2 Å². The lowest BCUT2D eigenvalue weighted by Crippen LogP contribution is -2.37. The molecule has 2 atom stereocenters. The van der Waals surface area contributed by atoms with Gasteiger partial charge in [0.25, 0.3) is 0 Å². The lowest BCUT2D eigenvalue weighted by molar-refractivity contribution is -0.109. The molecule has 0 bridgehead atoms. The van der Waals surface area contributed by atoms with Crippen molar-refractivity contribution in [2.24, 2.45) is 5.92 Å². The van der Waals surface area contributed by atoms with E-state index in [1.54, 1.807) is 12.1 Å². The fraction of sp³-hybridized carbons (Fsp3) is 0.333. The van der Waals surface area contributed by atoms with Crippen molar-refractivity contribution in [3.8, 4) is 23.1 Å². The van der Waals surface area contributed by atoms with Gasteiger partial charge in [0.05, 0.1) is 36.2 Å². The molecule has 2 rings (SSSR count). The van der Waals surface area contributed by atoms with Crippen molar-refractivity contribution >= 4 is 18.1 Å². The van der Waals surface area contributed by atoms with E-state index < -0.39 is 12.1 Å². The SMILES string of the molecule is COc1cc(NCC(C)CC(C=O)NC(=O)O)c(C#N)cc1-c1cnco1. The number of carbonyl (C=O) groups excluding carboxylic acids is 1. The number of rotatable bonds is 9. The standard InChI is InChI=1S/C18H20N4O5/c1-11(3-13(9-23)22-18(24)25)7-21-15-5-16(26-2)14(4-12(15)6-19)17-8-20-10-27-17/h4-5,8-11,13,21-22H,3,7H2,1-2H3,(H,24,25). The Balaban J connectivity index is 2.13. The van der Waals surface area contributed by atoms with Crippen molar-refractivity contribution in [2.45, 2.75) is 19.4 Å². The number of amides is 1. The Labute approximate surface area is 156 Å². The van der Waals surface area contributed by atoms with Crippen molar-refractivity contribution in [3.05, 3.63) is 30.3 Å². The van der Waals surface area contributed by atoms with E-state index in [0.717, 1.165) is 0 Å². The number of carboxylic acid groups (broad SMARTS) is 1. The summed E-state index contributed by atoms with van der Waals surface area (Å²) in [6.45, 7) is 2.31. The molecule has 0 aliphatic rings. The number of nitrogens with zero attached hydrogens (tertiary/aromatic N) is 2. The van der Waals surface area contributed by atoms with Crippen LogP contribution in [0.1, 0.15) is 18.9 Å². The summed E-state index contributed by atoms with van der Waals surface area (Å²) in [4.78, 5) is 25.5. The lowest BCUT2D eigenvalue weighted by atomic mass is 10.0. The van der Waals surface area contributed by atoms with E-state index in [2.05, 4.69) is 21.7 Å². The number of aromatic nitrogens is 1. The maximum atomic E-state index is 11.0. The van der Waals surface area contributed by atoms with Gasteiger partial charge in [-0.2, -0.15) is 5.26 Å². The van der Waals surface area contributed by atoms with Crippen LogP contribution in [-0.4, -0.2) is 42.2 Å². The highest BCUT2D eigenvalue weighted by Crippen LogP contribution is 2.34. The minimum atomic E-state index is -1.24. The maximum Gasteiger partial charge on any atom is 0.405 e. The molecule has 0 saturated heterocycles. The number of nitrogens with one attached hydrogen (secondary N) is 2. The van der Waals surface area contributed by atoms with E-state index in [4.69, 9.17) is 14.3 Å². The maximum absolute atomic E-state index is 11.0. The molecule has 2 unspecified atom stereocenters. The van der Waals surface area contributed by atoms with Crippen LogP contribution in [0.4, 0.5) is 10.5 Å². The van der Waals surface area contributed by atoms with E-state index in [9.17, 15) is 14.9 Å². The smallest absolute Gasteiger partial charge is 0.405 e. The van der Waals surface area contributed by atoms with Crippen LogP contribution in [0.5, 0.6) is 5.75 Å². The van der Waals surface area contributed by atoms with Crippen molar-refractivity contribution in [3.63, 3.8) is 0 Å². The third-order valence-electron chi connectivity index (χ3n) is 3.93. The quantitative estimate of drug-likeness (QED) is 0.571. The van der Waals surface area contributed by atoms with Gasteiger partial charge in [-0.15, -0.1) is 0 Å². The summed E-state index contributed by atoms with van der Waals surface area (Å²) in [5, 5.41) is 23.5. The van der Waals surface area contributed by atoms with Gasteiger partial charge in [0, 0.05) is 12.6 Å². The second kappa shape index (κ2) is 9.24. The lowest BCUT2D eigenvalue weighted by Gasteiger charge is -2.18. The summed E-state index contributed by atoms with van der Waals surface area (Å²) in [5.41, 5.74) is 1.57. The monoisotopic (exact) mass is 372 g/mol. The molecule has 0 spiro atoms. The van der Waals surface area contributed by atoms with Crippen molar-refractivity contribution < 1.29 is 23.8 Å². The Bertz CT molecular complexity index is 829. The summed E-state index contributed by atoms with van der Waals surface area (Å²) in [6, 6.07) is 4.68. The van der Waals surface area contributed by atoms with Gasteiger partial charge in [-0.3, -0.25) is 0 Å². The normalized spacial score (nSPS) is 12.5. The molecule has 27 heavy (non-hydrogen) atoms. The predicted octanol–water partition coefficient (Wildman–Crippen LogP) is 2.50. The van der Waals surface area contributed by atoms with Crippen molar-refractivity contribution in [2.75, 3.05) is 19.0 Å². The highest BCUT2D eigenvalue weighted by molar-refractivity contribution is 5.74. The molecule has 0 saturated carbocycles. The Morgan fingerprint density at radius 3 is 2.85 bits per heavy atom. The largest absolute Gasteiger partial charge is 0.496 e. The van der Waals surface area contributed by atoms with E-state index in [1.807, 2.05) is 6.92 Å². The minimum absolute atomic E-state index is 0.0291. The highest BCUT2D eigenvalue weighted by atomic mass is 16.5. The van der Waals surface area contributed by atoms with Gasteiger partial charge in [-0.1, -0.05) is 6.92 Å². The second-order valence-electron chi connectivity index (χ2n) is 5.99. The number of oxazole rings is 1. The van der Waals surface area contributed by atoms with E-state index in [1.165, 1.54) is 19.7 Å². The number of benzene rings is 1. The molecule has 0 aliphatic carbocycles. The molecule has 0 aliphatic heterocycles. The highest BCUT2D eigenvalue weighted by Gasteiger charge is 2.17. The Morgan fingerprint density at radius 2 is 2.30 bits per heavy atom. The second-order valence-corrected chi connectivity index (χ2v) is 5.99. The van der Waals surface area contributed by atoms with Crippen molar-refractivity contribution in [1.82, 2.24) is 10.3 Å². The van der Waals surface area contributed by atoms with Crippen LogP contribution in [0.25, 0.3) is 11.3 Å². The first-order valence-corrected chi connectivity index (χ1v) is 8.18. The third-order valence-corrected chi connectivity index (χ3v) is 3.93. The Morgan fingerprint density at radius 1 is 1.52 bits per heavy atom. The van der Waals surface area contributed by atoms with Crippen LogP contribution >= 0.6 is 0 Å². The number of methoxy groups -OCH3 is 1. The first-order chi connectivity index (χ1) is 13.0. The zero-order valence-electron chi connectivity index (χ0n) is 14.9. The summed E-state index contributed by atoms with van der Waals surface area (Å²) >= 11 is 0. The molecular formula is C18H20N4O5. The third kappa shape index (κ3) is 5.22. The van der Waals surface area contributed by atoms with Crippen LogP contribution in [0.2, 0.25) is 0 Å². The van der Waals surface area contributed by atoms with E-state index >= 15 is 0 Å². The van der Waals surface area contributed by atoms with Crippen LogP contribution in [0.3, 0.4) is 0 Å². The molecule has 1 aromatic heterocycles. The van der Waals surface area contributed by atoms with Crippen LogP contribution in [-0.2, 0) is 4.79 Å². The number of carbonyl (C=O) groups is 2. The number of ether oxygens (including phenoxy) is 1. The fourth-order valence-corrected chi connectivity index (χ4v) is 2.64. The summed E-state index contributed by atoms with van der Waals surface area (Å²) in [7, 11) is 1.51. The predicted molar refractivity (Wildman–Crippen MR) is 96.5 cm³/mol. The average Bonchev–Trinajstić information content (AvgIpc) is 3.19. The summed E-state index contributed by atoms with van der Waals surface area (Å²) < 4.78 is 10.7. The van der Waals surface area contributed by atoms with E-state index in [-0.39, 0.29) is 5.92 Å². The zero-order valence-corrected chi connectivity index (χ0v) is 14.9. The molecule has 142 valence electrons.